The Morgan fingerprint density at radius 1 is 1.82 bits per heavy atom. The molecule has 1 aliphatic heterocycles. The van der Waals surface area contributed by atoms with Crippen molar-refractivity contribution < 1.29 is 14.5 Å². The summed E-state index contributed by atoms with van der Waals surface area (Å²) in [5, 5.41) is 18.4. The van der Waals surface area contributed by atoms with Gasteiger partial charge in [0.05, 0.1) is 12.3 Å². The monoisotopic (exact) mass is 238 g/mol. The van der Waals surface area contributed by atoms with Crippen molar-refractivity contribution in [1.29, 1.82) is 5.26 Å². The second-order valence-electron chi connectivity index (χ2n) is 3.43. The van der Waals surface area contributed by atoms with Gasteiger partial charge >= 0.3 is 0 Å². The standard InChI is InChI=1S/C10H14N4O3/c1-3-16-14-9(5-11)10(15)12-6-8-4-7(2)17-13-8/h7H,3-4,6H2,1-2H3,(H,12,15)/b14-9+. The summed E-state index contributed by atoms with van der Waals surface area (Å²) in [6.07, 6.45) is 0.708. The Kier molecular flexibility index (Phi) is 4.94. The highest BCUT2D eigenvalue weighted by atomic mass is 16.6. The van der Waals surface area contributed by atoms with E-state index in [1.54, 1.807) is 13.0 Å². The fraction of sp³-hybridized carbons (Fsp3) is 0.600. The van der Waals surface area contributed by atoms with Crippen LogP contribution >= 0.6 is 0 Å². The Labute approximate surface area is 99.0 Å². The Hall–Kier alpha value is -2.10. The van der Waals surface area contributed by atoms with Crippen LogP contribution in [0.5, 0.6) is 0 Å². The topological polar surface area (TPSA) is 96.1 Å². The molecule has 0 aromatic rings. The lowest BCUT2D eigenvalue weighted by Gasteiger charge is -2.02. The van der Waals surface area contributed by atoms with Crippen LogP contribution in [0, 0.1) is 11.3 Å². The van der Waals surface area contributed by atoms with E-state index in [0.717, 1.165) is 5.71 Å². The molecule has 0 aliphatic carbocycles. The summed E-state index contributed by atoms with van der Waals surface area (Å²) in [6, 6.07) is 1.66. The molecule has 0 saturated heterocycles. The number of nitrogens with one attached hydrogen (secondary N) is 1. The zero-order valence-electron chi connectivity index (χ0n) is 9.77. The van der Waals surface area contributed by atoms with Crippen molar-refractivity contribution in [2.45, 2.75) is 26.4 Å². The fourth-order valence-electron chi connectivity index (χ4n) is 1.18. The van der Waals surface area contributed by atoms with Crippen molar-refractivity contribution >= 4 is 17.3 Å². The van der Waals surface area contributed by atoms with Crippen molar-refractivity contribution in [2.24, 2.45) is 10.3 Å². The number of nitriles is 1. The molecule has 7 nitrogen and oxygen atoms in total. The van der Waals surface area contributed by atoms with Crippen LogP contribution in [0.3, 0.4) is 0 Å². The summed E-state index contributed by atoms with van der Waals surface area (Å²) in [5.41, 5.74) is 0.430. The van der Waals surface area contributed by atoms with Gasteiger partial charge in [-0.2, -0.15) is 5.26 Å². The van der Waals surface area contributed by atoms with E-state index >= 15 is 0 Å². The van der Waals surface area contributed by atoms with Gasteiger partial charge in [-0.1, -0.05) is 10.3 Å². The quantitative estimate of drug-likeness (QED) is 0.546. The molecule has 0 fully saturated rings. The van der Waals surface area contributed by atoms with Gasteiger partial charge in [0.1, 0.15) is 18.8 Å². The van der Waals surface area contributed by atoms with E-state index < -0.39 is 5.91 Å². The molecule has 0 radical (unpaired) electrons. The van der Waals surface area contributed by atoms with Gasteiger partial charge in [-0.25, -0.2) is 0 Å². The molecule has 1 aliphatic rings. The minimum atomic E-state index is -0.580. The first kappa shape index (κ1) is 13.0. The normalized spacial score (nSPS) is 19.0. The van der Waals surface area contributed by atoms with Crippen LogP contribution in [0.15, 0.2) is 10.3 Å². The number of hydrogen-bond acceptors (Lipinski definition) is 6. The Morgan fingerprint density at radius 3 is 3.12 bits per heavy atom. The molecule has 17 heavy (non-hydrogen) atoms. The third kappa shape index (κ3) is 4.10. The molecule has 1 unspecified atom stereocenters. The Morgan fingerprint density at radius 2 is 2.59 bits per heavy atom. The number of oxime groups is 2. The van der Waals surface area contributed by atoms with Gasteiger partial charge in [-0.3, -0.25) is 4.79 Å². The van der Waals surface area contributed by atoms with Gasteiger partial charge in [-0.05, 0) is 13.8 Å². The van der Waals surface area contributed by atoms with Gasteiger partial charge in [0.2, 0.25) is 5.71 Å². The molecule has 1 N–H and O–H groups in total. The molecule has 0 aromatic heterocycles. The van der Waals surface area contributed by atoms with Crippen molar-refractivity contribution in [3.8, 4) is 6.07 Å². The molecule has 1 heterocycles. The van der Waals surface area contributed by atoms with Gasteiger partial charge in [-0.15, -0.1) is 0 Å². The van der Waals surface area contributed by atoms with Crippen molar-refractivity contribution in [2.75, 3.05) is 13.2 Å². The van der Waals surface area contributed by atoms with Gasteiger partial charge in [0.15, 0.2) is 0 Å². The van der Waals surface area contributed by atoms with E-state index in [9.17, 15) is 4.79 Å². The van der Waals surface area contributed by atoms with Crippen molar-refractivity contribution in [3.63, 3.8) is 0 Å². The number of rotatable bonds is 5. The van der Waals surface area contributed by atoms with Crippen LogP contribution in [0.25, 0.3) is 0 Å². The van der Waals surface area contributed by atoms with Gasteiger partial charge < -0.3 is 15.0 Å². The van der Waals surface area contributed by atoms with Crippen molar-refractivity contribution in [1.82, 2.24) is 5.32 Å². The number of carbonyl (C=O) groups excluding carboxylic acids is 1. The third-order valence-corrected chi connectivity index (χ3v) is 1.94. The maximum absolute atomic E-state index is 11.5. The molecule has 0 bridgehead atoms. The number of carbonyl (C=O) groups is 1. The average Bonchev–Trinajstić information content (AvgIpc) is 2.73. The predicted octanol–water partition coefficient (Wildman–Crippen LogP) is 0.183. The third-order valence-electron chi connectivity index (χ3n) is 1.94. The molecule has 92 valence electrons. The first-order valence-electron chi connectivity index (χ1n) is 5.27. The van der Waals surface area contributed by atoms with Gasteiger partial charge in [0, 0.05) is 6.42 Å². The maximum Gasteiger partial charge on any atom is 0.284 e. The molecule has 1 rings (SSSR count). The van der Waals surface area contributed by atoms with Crippen LogP contribution in [-0.4, -0.2) is 36.6 Å². The first-order chi connectivity index (χ1) is 8.17. The summed E-state index contributed by atoms with van der Waals surface area (Å²) >= 11 is 0. The molecule has 0 aromatic carbocycles. The first-order valence-corrected chi connectivity index (χ1v) is 5.27. The number of hydrogen-bond donors (Lipinski definition) is 1. The Balaban J connectivity index is 2.41. The zero-order valence-corrected chi connectivity index (χ0v) is 9.77. The minimum absolute atomic E-state index is 0.0365. The van der Waals surface area contributed by atoms with Gasteiger partial charge in [0.25, 0.3) is 5.91 Å². The van der Waals surface area contributed by atoms with Crippen LogP contribution in [0.1, 0.15) is 20.3 Å². The highest BCUT2D eigenvalue weighted by molar-refractivity contribution is 6.45. The zero-order chi connectivity index (χ0) is 12.7. The molecular weight excluding hydrogens is 224 g/mol. The number of amides is 1. The van der Waals surface area contributed by atoms with Crippen LogP contribution in [0.2, 0.25) is 0 Å². The predicted molar refractivity (Wildman–Crippen MR) is 60.3 cm³/mol. The van der Waals surface area contributed by atoms with E-state index in [2.05, 4.69) is 20.5 Å². The van der Waals surface area contributed by atoms with E-state index in [1.165, 1.54) is 0 Å². The van der Waals surface area contributed by atoms with Crippen LogP contribution in [-0.2, 0) is 14.5 Å². The lowest BCUT2D eigenvalue weighted by atomic mass is 10.2. The van der Waals surface area contributed by atoms with E-state index in [0.29, 0.717) is 13.0 Å². The summed E-state index contributed by atoms with van der Waals surface area (Å²) in [7, 11) is 0. The van der Waals surface area contributed by atoms with Crippen LogP contribution < -0.4 is 5.32 Å². The second kappa shape index (κ2) is 6.48. The summed E-state index contributed by atoms with van der Waals surface area (Å²) in [6.45, 7) is 4.14. The lowest BCUT2D eigenvalue weighted by molar-refractivity contribution is -0.114. The summed E-state index contributed by atoms with van der Waals surface area (Å²) < 4.78 is 0. The summed E-state index contributed by atoms with van der Waals surface area (Å²) in [4.78, 5) is 21.1. The Bertz CT molecular complexity index is 384. The highest BCUT2D eigenvalue weighted by Gasteiger charge is 2.18. The minimum Gasteiger partial charge on any atom is -0.395 e. The molecule has 1 atom stereocenters. The molecule has 1 amide bonds. The SMILES string of the molecule is CCO/N=C(\C#N)C(=O)NCC1=NOC(C)C1. The average molecular weight is 238 g/mol. The smallest absolute Gasteiger partial charge is 0.284 e. The van der Waals surface area contributed by atoms with E-state index in [4.69, 9.17) is 10.1 Å². The summed E-state index contributed by atoms with van der Waals surface area (Å²) in [5.74, 6) is -0.580. The fourth-order valence-corrected chi connectivity index (χ4v) is 1.18. The highest BCUT2D eigenvalue weighted by Crippen LogP contribution is 2.08. The molecule has 7 heteroatoms. The van der Waals surface area contributed by atoms with Crippen LogP contribution in [0.4, 0.5) is 0 Å². The molecular formula is C10H14N4O3. The largest absolute Gasteiger partial charge is 0.395 e. The molecule has 0 saturated carbocycles. The maximum atomic E-state index is 11.5. The second-order valence-corrected chi connectivity index (χ2v) is 3.43. The molecule has 0 spiro atoms. The van der Waals surface area contributed by atoms with Crippen molar-refractivity contribution in [3.05, 3.63) is 0 Å². The number of nitrogens with zero attached hydrogens (tertiary/aromatic N) is 3. The lowest BCUT2D eigenvalue weighted by Crippen LogP contribution is -2.34. The van der Waals surface area contributed by atoms with E-state index in [-0.39, 0.29) is 18.4 Å². The van der Waals surface area contributed by atoms with E-state index in [1.807, 2.05) is 6.92 Å².